The molecule has 1 aliphatic heterocycles. The van der Waals surface area contributed by atoms with Gasteiger partial charge in [-0.1, -0.05) is 13.8 Å². The molecule has 0 aliphatic carbocycles. The summed E-state index contributed by atoms with van der Waals surface area (Å²) in [7, 11) is 2.00. The first-order chi connectivity index (χ1) is 9.17. The van der Waals surface area contributed by atoms with E-state index in [2.05, 4.69) is 34.0 Å². The maximum absolute atomic E-state index is 5.56. The molecule has 1 aromatic rings. The fraction of sp³-hybridized carbons (Fsp3) is 0.714. The first-order valence-electron chi connectivity index (χ1n) is 7.02. The SMILES string of the molecule is CCCOc1ccnc(N2CCC(C)(CNC)C2)n1. The average Bonchev–Trinajstić information content (AvgIpc) is 2.80. The summed E-state index contributed by atoms with van der Waals surface area (Å²) in [5, 5.41) is 3.27. The van der Waals surface area contributed by atoms with Crippen molar-refractivity contribution in [3.63, 3.8) is 0 Å². The van der Waals surface area contributed by atoms with Gasteiger partial charge in [-0.3, -0.25) is 0 Å². The Bertz CT molecular complexity index is 412. The third-order valence-corrected chi connectivity index (χ3v) is 3.52. The number of hydrogen-bond acceptors (Lipinski definition) is 5. The molecule has 1 aliphatic rings. The Labute approximate surface area is 115 Å². The minimum Gasteiger partial charge on any atom is -0.478 e. The molecule has 19 heavy (non-hydrogen) atoms. The molecule has 1 aromatic heterocycles. The lowest BCUT2D eigenvalue weighted by Gasteiger charge is -2.24. The molecule has 0 aromatic carbocycles. The zero-order valence-corrected chi connectivity index (χ0v) is 12.1. The van der Waals surface area contributed by atoms with E-state index in [0.717, 1.165) is 38.4 Å². The van der Waals surface area contributed by atoms with Gasteiger partial charge >= 0.3 is 0 Å². The third kappa shape index (κ3) is 3.56. The number of hydrogen-bond donors (Lipinski definition) is 1. The van der Waals surface area contributed by atoms with Gasteiger partial charge < -0.3 is 15.0 Å². The average molecular weight is 264 g/mol. The number of aromatic nitrogens is 2. The highest BCUT2D eigenvalue weighted by Gasteiger charge is 2.34. The Morgan fingerprint density at radius 2 is 2.37 bits per heavy atom. The second-order valence-corrected chi connectivity index (χ2v) is 5.56. The van der Waals surface area contributed by atoms with E-state index in [1.807, 2.05) is 13.1 Å². The Morgan fingerprint density at radius 1 is 1.53 bits per heavy atom. The highest BCUT2D eigenvalue weighted by molar-refractivity contribution is 5.34. The number of nitrogens with one attached hydrogen (secondary N) is 1. The van der Waals surface area contributed by atoms with E-state index >= 15 is 0 Å². The van der Waals surface area contributed by atoms with Crippen molar-refractivity contribution in [1.82, 2.24) is 15.3 Å². The van der Waals surface area contributed by atoms with Crippen LogP contribution in [0.4, 0.5) is 5.95 Å². The topological polar surface area (TPSA) is 50.3 Å². The molecule has 2 rings (SSSR count). The summed E-state index contributed by atoms with van der Waals surface area (Å²) in [5.74, 6) is 1.46. The smallest absolute Gasteiger partial charge is 0.228 e. The lowest BCUT2D eigenvalue weighted by atomic mass is 9.90. The van der Waals surface area contributed by atoms with Gasteiger partial charge in [0.25, 0.3) is 0 Å². The van der Waals surface area contributed by atoms with Gasteiger partial charge in [0, 0.05) is 31.9 Å². The van der Waals surface area contributed by atoms with Crippen LogP contribution in [0.5, 0.6) is 5.88 Å². The maximum atomic E-state index is 5.56. The zero-order valence-electron chi connectivity index (χ0n) is 12.1. The van der Waals surface area contributed by atoms with Gasteiger partial charge in [-0.25, -0.2) is 4.98 Å². The Kier molecular flexibility index (Phi) is 4.58. The van der Waals surface area contributed by atoms with Crippen molar-refractivity contribution in [2.75, 3.05) is 38.2 Å². The highest BCUT2D eigenvalue weighted by atomic mass is 16.5. The molecule has 0 saturated carbocycles. The van der Waals surface area contributed by atoms with Crippen molar-refractivity contribution in [2.45, 2.75) is 26.7 Å². The van der Waals surface area contributed by atoms with E-state index in [1.165, 1.54) is 0 Å². The third-order valence-electron chi connectivity index (χ3n) is 3.52. The van der Waals surface area contributed by atoms with Crippen molar-refractivity contribution < 1.29 is 4.74 Å². The van der Waals surface area contributed by atoms with Crippen LogP contribution in [0.3, 0.4) is 0 Å². The minimum atomic E-state index is 0.304. The monoisotopic (exact) mass is 264 g/mol. The van der Waals surface area contributed by atoms with Crippen LogP contribution in [0.25, 0.3) is 0 Å². The van der Waals surface area contributed by atoms with Crippen LogP contribution in [-0.2, 0) is 0 Å². The van der Waals surface area contributed by atoms with Crippen molar-refractivity contribution in [3.05, 3.63) is 12.3 Å². The van der Waals surface area contributed by atoms with Crippen molar-refractivity contribution in [1.29, 1.82) is 0 Å². The van der Waals surface area contributed by atoms with Gasteiger partial charge in [0.15, 0.2) is 0 Å². The van der Waals surface area contributed by atoms with Gasteiger partial charge in [0.2, 0.25) is 11.8 Å². The number of ether oxygens (including phenoxy) is 1. The van der Waals surface area contributed by atoms with Crippen LogP contribution < -0.4 is 15.0 Å². The van der Waals surface area contributed by atoms with Gasteiger partial charge in [-0.05, 0) is 25.3 Å². The van der Waals surface area contributed by atoms with Crippen LogP contribution in [-0.4, -0.2) is 43.3 Å². The fourth-order valence-corrected chi connectivity index (χ4v) is 2.54. The van der Waals surface area contributed by atoms with Crippen molar-refractivity contribution >= 4 is 5.95 Å². The molecule has 1 atom stereocenters. The Hall–Kier alpha value is -1.36. The normalized spacial score (nSPS) is 22.8. The van der Waals surface area contributed by atoms with E-state index < -0.39 is 0 Å². The molecule has 1 saturated heterocycles. The maximum Gasteiger partial charge on any atom is 0.228 e. The molecular weight excluding hydrogens is 240 g/mol. The molecular formula is C14H24N4O. The predicted octanol–water partition coefficient (Wildman–Crippen LogP) is 1.70. The van der Waals surface area contributed by atoms with Gasteiger partial charge in [0.05, 0.1) is 6.61 Å². The summed E-state index contributed by atoms with van der Waals surface area (Å²) in [6.07, 6.45) is 3.93. The number of anilines is 1. The van der Waals surface area contributed by atoms with Gasteiger partial charge in [-0.2, -0.15) is 4.98 Å². The zero-order chi connectivity index (χ0) is 13.7. The van der Waals surface area contributed by atoms with Crippen molar-refractivity contribution in [3.8, 4) is 5.88 Å². The minimum absolute atomic E-state index is 0.304. The summed E-state index contributed by atoms with van der Waals surface area (Å²) >= 11 is 0. The first-order valence-corrected chi connectivity index (χ1v) is 7.02. The largest absolute Gasteiger partial charge is 0.478 e. The van der Waals surface area contributed by atoms with E-state index in [0.29, 0.717) is 17.9 Å². The summed E-state index contributed by atoms with van der Waals surface area (Å²) in [5.41, 5.74) is 0.304. The van der Waals surface area contributed by atoms with Crippen LogP contribution in [0.1, 0.15) is 26.7 Å². The molecule has 1 N–H and O–H groups in total. The predicted molar refractivity (Wildman–Crippen MR) is 76.7 cm³/mol. The standard InChI is InChI=1S/C14H24N4O/c1-4-9-19-12-5-7-16-13(17-12)18-8-6-14(2,11-18)10-15-3/h5,7,15H,4,6,8-11H2,1-3H3. The molecule has 0 bridgehead atoms. The molecule has 2 heterocycles. The summed E-state index contributed by atoms with van der Waals surface area (Å²) in [6, 6.07) is 1.82. The highest BCUT2D eigenvalue weighted by Crippen LogP contribution is 2.31. The van der Waals surface area contributed by atoms with E-state index in [1.54, 1.807) is 6.20 Å². The molecule has 0 spiro atoms. The molecule has 1 unspecified atom stereocenters. The second kappa shape index (κ2) is 6.19. The lowest BCUT2D eigenvalue weighted by Crippen LogP contribution is -2.33. The second-order valence-electron chi connectivity index (χ2n) is 5.56. The Morgan fingerprint density at radius 3 is 3.11 bits per heavy atom. The van der Waals surface area contributed by atoms with Gasteiger partial charge in [-0.15, -0.1) is 0 Å². The summed E-state index contributed by atoms with van der Waals surface area (Å²) in [4.78, 5) is 11.1. The molecule has 5 nitrogen and oxygen atoms in total. The molecule has 0 amide bonds. The number of nitrogens with zero attached hydrogens (tertiary/aromatic N) is 3. The lowest BCUT2D eigenvalue weighted by molar-refractivity contribution is 0.304. The summed E-state index contributed by atoms with van der Waals surface area (Å²) < 4.78 is 5.56. The van der Waals surface area contributed by atoms with E-state index in [4.69, 9.17) is 4.74 Å². The molecule has 5 heteroatoms. The van der Waals surface area contributed by atoms with Crippen LogP contribution in [0.2, 0.25) is 0 Å². The summed E-state index contributed by atoms with van der Waals surface area (Å²) in [6.45, 7) is 8.12. The molecule has 0 radical (unpaired) electrons. The van der Waals surface area contributed by atoms with E-state index in [-0.39, 0.29) is 0 Å². The molecule has 106 valence electrons. The first kappa shape index (κ1) is 14.1. The van der Waals surface area contributed by atoms with Crippen LogP contribution in [0.15, 0.2) is 12.3 Å². The van der Waals surface area contributed by atoms with E-state index in [9.17, 15) is 0 Å². The Balaban J connectivity index is 2.02. The molecule has 1 fully saturated rings. The number of rotatable bonds is 6. The van der Waals surface area contributed by atoms with Crippen LogP contribution in [0, 0.1) is 5.41 Å². The fourth-order valence-electron chi connectivity index (χ4n) is 2.54. The quantitative estimate of drug-likeness (QED) is 0.847. The van der Waals surface area contributed by atoms with Crippen LogP contribution >= 0.6 is 0 Å². The van der Waals surface area contributed by atoms with Gasteiger partial charge in [0.1, 0.15) is 0 Å². The van der Waals surface area contributed by atoms with Crippen molar-refractivity contribution in [2.24, 2.45) is 5.41 Å².